The SMILES string of the molecule is Brc1cccc(-c2nc(-c3cccc(Br)c3)c3c(n2)-c2cccc4cccc-3c24)c1.Cl.N=C(N)c1cccc(Br)c1.O=c1/c(=C/c2cccc(Br)c2)c2cccc3cccc1c32. The molecule has 1 heterocycles. The summed E-state index contributed by atoms with van der Waals surface area (Å²) in [5.74, 6) is 0.830. The van der Waals surface area contributed by atoms with E-state index in [0.29, 0.717) is 0 Å². The highest BCUT2D eigenvalue weighted by Gasteiger charge is 2.28. The number of nitrogens with one attached hydrogen (secondary N) is 1. The number of nitrogens with two attached hydrogens (primary N) is 1. The Hall–Kier alpha value is -5.55. The van der Waals surface area contributed by atoms with E-state index < -0.39 is 0 Å². The number of hydrogen-bond donors (Lipinski definition) is 2. The highest BCUT2D eigenvalue weighted by Crippen LogP contribution is 2.50. The lowest BCUT2D eigenvalue weighted by molar-refractivity contribution is 1.19. The van der Waals surface area contributed by atoms with Crippen LogP contribution in [0.3, 0.4) is 0 Å². The zero-order valence-electron chi connectivity index (χ0n) is 32.5. The van der Waals surface area contributed by atoms with Gasteiger partial charge in [-0.05, 0) is 87.3 Å². The van der Waals surface area contributed by atoms with Crippen molar-refractivity contribution in [3.63, 3.8) is 0 Å². The summed E-state index contributed by atoms with van der Waals surface area (Å²) >= 11 is 13.9. The van der Waals surface area contributed by atoms with Gasteiger partial charge in [0.2, 0.25) is 0 Å². The van der Waals surface area contributed by atoms with Crippen LogP contribution in [0.4, 0.5) is 0 Å². The van der Waals surface area contributed by atoms with Crippen LogP contribution in [0.5, 0.6) is 0 Å². The monoisotopic (exact) mass is 1080 g/mol. The first-order valence-corrected chi connectivity index (χ1v) is 22.4. The summed E-state index contributed by atoms with van der Waals surface area (Å²) in [5, 5.41) is 14.4. The molecule has 0 aliphatic heterocycles. The second-order valence-corrected chi connectivity index (χ2v) is 18.1. The van der Waals surface area contributed by atoms with Crippen molar-refractivity contribution < 1.29 is 0 Å². The Morgan fingerprint density at radius 2 is 1.05 bits per heavy atom. The first-order chi connectivity index (χ1) is 29.6. The number of aromatic nitrogens is 2. The minimum Gasteiger partial charge on any atom is -0.384 e. The van der Waals surface area contributed by atoms with Crippen LogP contribution in [-0.2, 0) is 0 Å². The van der Waals surface area contributed by atoms with Crippen LogP contribution in [0.15, 0.2) is 193 Å². The fourth-order valence-electron chi connectivity index (χ4n) is 7.84. The average molecular weight is 1080 g/mol. The number of amidine groups is 1. The number of benzene rings is 8. The van der Waals surface area contributed by atoms with E-state index in [-0.39, 0.29) is 23.7 Å². The Morgan fingerprint density at radius 1 is 0.532 bits per heavy atom. The molecular formula is C52H33Br4ClN4O. The Balaban J connectivity index is 0.000000143. The summed E-state index contributed by atoms with van der Waals surface area (Å²) in [6.07, 6.45) is 1.97. The quantitative estimate of drug-likeness (QED) is 0.136. The van der Waals surface area contributed by atoms with Crippen LogP contribution in [-0.4, -0.2) is 15.8 Å². The molecule has 0 saturated carbocycles. The number of hydrogen-bond acceptors (Lipinski definition) is 4. The van der Waals surface area contributed by atoms with Crippen LogP contribution < -0.4 is 16.4 Å². The van der Waals surface area contributed by atoms with Gasteiger partial charge in [-0.15, -0.1) is 12.4 Å². The fourth-order valence-corrected chi connectivity index (χ4v) is 9.46. The normalized spacial score (nSPS) is 11.4. The van der Waals surface area contributed by atoms with Crippen LogP contribution in [0.25, 0.3) is 83.4 Å². The summed E-state index contributed by atoms with van der Waals surface area (Å²) < 4.78 is 4.00. The minimum atomic E-state index is 0. The zero-order chi connectivity index (χ0) is 42.2. The molecule has 0 atom stereocenters. The highest BCUT2D eigenvalue weighted by atomic mass is 79.9. The van der Waals surface area contributed by atoms with E-state index >= 15 is 0 Å². The van der Waals surface area contributed by atoms with Gasteiger partial charge in [0.15, 0.2) is 11.3 Å². The van der Waals surface area contributed by atoms with E-state index in [1.54, 1.807) is 6.07 Å². The molecule has 0 saturated heterocycles. The highest BCUT2D eigenvalue weighted by molar-refractivity contribution is 9.11. The zero-order valence-corrected chi connectivity index (χ0v) is 39.7. The van der Waals surface area contributed by atoms with Crippen LogP contribution in [0.1, 0.15) is 11.1 Å². The third-order valence-electron chi connectivity index (χ3n) is 10.5. The number of nitrogen functional groups attached to an aromatic ring is 1. The second kappa shape index (κ2) is 18.4. The van der Waals surface area contributed by atoms with Crippen molar-refractivity contribution in [1.29, 1.82) is 5.41 Å². The summed E-state index contributed by atoms with van der Waals surface area (Å²) in [6.45, 7) is 0. The largest absolute Gasteiger partial charge is 0.384 e. The van der Waals surface area contributed by atoms with Gasteiger partial charge in [0.25, 0.3) is 0 Å². The van der Waals surface area contributed by atoms with Gasteiger partial charge >= 0.3 is 0 Å². The second-order valence-electron chi connectivity index (χ2n) is 14.4. The van der Waals surface area contributed by atoms with E-state index in [0.717, 1.165) is 89.7 Å². The molecule has 302 valence electrons. The van der Waals surface area contributed by atoms with Gasteiger partial charge in [-0.3, -0.25) is 10.2 Å². The summed E-state index contributed by atoms with van der Waals surface area (Å²) in [4.78, 5) is 22.8. The molecule has 1 aliphatic carbocycles. The maximum absolute atomic E-state index is 12.7. The minimum absolute atomic E-state index is 0. The van der Waals surface area contributed by atoms with Gasteiger partial charge in [0.05, 0.1) is 11.4 Å². The molecule has 9 aromatic carbocycles. The third kappa shape index (κ3) is 8.61. The summed E-state index contributed by atoms with van der Waals surface area (Å²) in [6, 6.07) is 56.7. The number of nitrogens with zero attached hydrogens (tertiary/aromatic N) is 2. The third-order valence-corrected chi connectivity index (χ3v) is 12.5. The molecular weight excluding hydrogens is 1050 g/mol. The van der Waals surface area contributed by atoms with Gasteiger partial charge in [-0.2, -0.15) is 0 Å². The molecule has 0 amide bonds. The Morgan fingerprint density at radius 3 is 1.68 bits per heavy atom. The molecule has 0 fully saturated rings. The first kappa shape index (κ1) is 43.1. The van der Waals surface area contributed by atoms with Gasteiger partial charge in [-0.1, -0.05) is 185 Å². The van der Waals surface area contributed by atoms with E-state index in [4.69, 9.17) is 21.1 Å². The summed E-state index contributed by atoms with van der Waals surface area (Å²) in [7, 11) is 0. The molecule has 1 aliphatic rings. The van der Waals surface area contributed by atoms with Crippen molar-refractivity contribution in [3.8, 4) is 45.0 Å². The van der Waals surface area contributed by atoms with Crippen molar-refractivity contribution in [2.45, 2.75) is 0 Å². The molecule has 1 aromatic heterocycles. The Bertz CT molecular complexity index is 3440. The number of fused-ring (bicyclic) bond motifs is 3. The molecule has 0 spiro atoms. The van der Waals surface area contributed by atoms with E-state index in [2.05, 4.69) is 143 Å². The molecule has 0 radical (unpaired) electrons. The first-order valence-electron chi connectivity index (χ1n) is 19.2. The molecule has 11 rings (SSSR count). The predicted octanol–water partition coefficient (Wildman–Crippen LogP) is 14.4. The fraction of sp³-hybridized carbons (Fsp3) is 0. The van der Waals surface area contributed by atoms with Gasteiger partial charge in [0, 0.05) is 61.7 Å². The van der Waals surface area contributed by atoms with Crippen LogP contribution >= 0.6 is 76.1 Å². The molecule has 3 N–H and O–H groups in total. The standard InChI is InChI=1S/C26H14Br2N2.C19H11BrO.C7H7BrN2.ClH/c27-18-9-1-7-16(13-18)24-23-20-11-3-5-15-6-4-12-21(22(15)20)25(23)30-26(29-24)17-8-2-10-19(28)14-17;20-14-7-1-4-12(10-14)11-17-15-8-2-5-13-6-3-9-16(18(13)15)19(17)21;8-6-3-1-2-5(4-6)7(9)10;/h1-14H;1-11H;1-4H,(H3,9,10);1H/b;17-11+;;. The lowest BCUT2D eigenvalue weighted by atomic mass is 9.99. The Kier molecular flexibility index (Phi) is 12.8. The molecule has 10 aromatic rings. The Labute approximate surface area is 397 Å². The molecule has 0 bridgehead atoms. The van der Waals surface area contributed by atoms with Crippen LogP contribution in [0.2, 0.25) is 0 Å². The maximum atomic E-state index is 12.7. The van der Waals surface area contributed by atoms with Crippen LogP contribution in [0, 0.1) is 5.41 Å². The topological polar surface area (TPSA) is 92.7 Å². The number of halogens is 5. The van der Waals surface area contributed by atoms with Crippen molar-refractivity contribution in [2.75, 3.05) is 0 Å². The van der Waals surface area contributed by atoms with Crippen molar-refractivity contribution in [3.05, 3.63) is 214 Å². The smallest absolute Gasteiger partial charge is 0.194 e. The van der Waals surface area contributed by atoms with E-state index in [1.165, 1.54) is 21.9 Å². The number of rotatable bonds is 4. The molecule has 10 heteroatoms. The van der Waals surface area contributed by atoms with Gasteiger partial charge in [-0.25, -0.2) is 9.97 Å². The summed E-state index contributed by atoms with van der Waals surface area (Å²) in [5.41, 5.74) is 14.6. The predicted molar refractivity (Wildman–Crippen MR) is 274 cm³/mol. The van der Waals surface area contributed by atoms with E-state index in [1.807, 2.05) is 91.0 Å². The lowest BCUT2D eigenvalue weighted by Crippen LogP contribution is -2.19. The average Bonchev–Trinajstić information content (AvgIpc) is 3.74. The van der Waals surface area contributed by atoms with Crippen molar-refractivity contribution in [2.24, 2.45) is 5.73 Å². The molecule has 0 unspecified atom stereocenters. The van der Waals surface area contributed by atoms with E-state index in [9.17, 15) is 4.79 Å². The van der Waals surface area contributed by atoms with Crippen molar-refractivity contribution in [1.82, 2.24) is 9.97 Å². The van der Waals surface area contributed by atoms with Gasteiger partial charge in [0.1, 0.15) is 5.84 Å². The lowest BCUT2D eigenvalue weighted by Gasteiger charge is -2.12. The van der Waals surface area contributed by atoms with Crippen molar-refractivity contribution >= 4 is 120 Å². The maximum Gasteiger partial charge on any atom is 0.194 e. The molecule has 5 nitrogen and oxygen atoms in total. The molecule has 62 heavy (non-hydrogen) atoms. The van der Waals surface area contributed by atoms with Gasteiger partial charge < -0.3 is 5.73 Å².